The summed E-state index contributed by atoms with van der Waals surface area (Å²) in [6.07, 6.45) is 5.14. The molecular weight excluding hydrogens is 488 g/mol. The molecule has 1 aliphatic carbocycles. The molecule has 0 aliphatic heterocycles. The van der Waals surface area contributed by atoms with Crippen LogP contribution in [0, 0.1) is 0 Å². The van der Waals surface area contributed by atoms with Gasteiger partial charge in [0.2, 0.25) is 11.8 Å². The predicted molar refractivity (Wildman–Crippen MR) is 148 cm³/mol. The summed E-state index contributed by atoms with van der Waals surface area (Å²) in [7, 11) is 0. The molecule has 1 N–H and O–H groups in total. The quantitative estimate of drug-likeness (QED) is 0.293. The molecule has 1 atom stereocenters. The number of benzene rings is 3. The number of amides is 2. The Bertz CT molecular complexity index is 1100. The van der Waals surface area contributed by atoms with Crippen LogP contribution < -0.4 is 5.32 Å². The molecule has 0 spiro atoms. The van der Waals surface area contributed by atoms with Crippen LogP contribution in [0.3, 0.4) is 0 Å². The van der Waals surface area contributed by atoms with E-state index < -0.39 is 6.04 Å². The standard InChI is InChI=1S/C30H33ClN2O2S/c31-25-15-17-27(18-16-25)36-20-19-29(34)33(22-24-11-5-2-6-12-24)28(21-23-9-3-1-4-10-23)30(35)32-26-13-7-8-14-26/h1-6,9-12,15-18,26,28H,7-8,13-14,19-22H2,(H,32,35). The first-order chi connectivity index (χ1) is 17.6. The lowest BCUT2D eigenvalue weighted by molar-refractivity contribution is -0.141. The minimum Gasteiger partial charge on any atom is -0.352 e. The summed E-state index contributed by atoms with van der Waals surface area (Å²) < 4.78 is 0. The fourth-order valence-electron chi connectivity index (χ4n) is 4.63. The number of nitrogens with one attached hydrogen (secondary N) is 1. The van der Waals surface area contributed by atoms with E-state index in [0.29, 0.717) is 30.2 Å². The van der Waals surface area contributed by atoms with Gasteiger partial charge in [-0.1, -0.05) is 85.1 Å². The van der Waals surface area contributed by atoms with Crippen LogP contribution in [0.5, 0.6) is 0 Å². The van der Waals surface area contributed by atoms with Crippen LogP contribution in [0.4, 0.5) is 0 Å². The molecule has 1 aliphatic rings. The second-order valence-electron chi connectivity index (χ2n) is 9.26. The summed E-state index contributed by atoms with van der Waals surface area (Å²) in [6, 6.07) is 27.2. The van der Waals surface area contributed by atoms with Crippen molar-refractivity contribution in [2.45, 2.75) is 62.0 Å². The maximum absolute atomic E-state index is 13.7. The Morgan fingerprint density at radius 2 is 1.50 bits per heavy atom. The molecule has 1 fully saturated rings. The Morgan fingerprint density at radius 1 is 0.889 bits per heavy atom. The van der Waals surface area contributed by atoms with E-state index >= 15 is 0 Å². The van der Waals surface area contributed by atoms with E-state index in [0.717, 1.165) is 41.7 Å². The molecule has 0 saturated heterocycles. The monoisotopic (exact) mass is 520 g/mol. The number of carbonyl (C=O) groups is 2. The smallest absolute Gasteiger partial charge is 0.243 e. The molecule has 0 heterocycles. The largest absolute Gasteiger partial charge is 0.352 e. The average Bonchev–Trinajstić information content (AvgIpc) is 3.41. The molecule has 1 saturated carbocycles. The van der Waals surface area contributed by atoms with E-state index in [1.165, 1.54) is 0 Å². The van der Waals surface area contributed by atoms with Crippen molar-refractivity contribution >= 4 is 35.2 Å². The summed E-state index contributed by atoms with van der Waals surface area (Å²) in [5.74, 6) is 0.567. The van der Waals surface area contributed by atoms with Crippen LogP contribution in [-0.2, 0) is 22.6 Å². The lowest BCUT2D eigenvalue weighted by atomic mass is 10.0. The predicted octanol–water partition coefficient (Wildman–Crippen LogP) is 6.52. The van der Waals surface area contributed by atoms with E-state index in [9.17, 15) is 9.59 Å². The number of hydrogen-bond acceptors (Lipinski definition) is 3. The zero-order chi connectivity index (χ0) is 25.2. The van der Waals surface area contributed by atoms with Crippen molar-refractivity contribution in [1.82, 2.24) is 10.2 Å². The first-order valence-electron chi connectivity index (χ1n) is 12.6. The Morgan fingerprint density at radius 3 is 2.14 bits per heavy atom. The van der Waals surface area contributed by atoms with Crippen LogP contribution in [-0.4, -0.2) is 34.6 Å². The molecule has 2 amide bonds. The number of nitrogens with zero attached hydrogens (tertiary/aromatic N) is 1. The topological polar surface area (TPSA) is 49.4 Å². The highest BCUT2D eigenvalue weighted by Gasteiger charge is 2.31. The number of thioether (sulfide) groups is 1. The summed E-state index contributed by atoms with van der Waals surface area (Å²) in [5.41, 5.74) is 2.06. The molecule has 1 unspecified atom stereocenters. The van der Waals surface area contributed by atoms with Gasteiger partial charge in [-0.05, 0) is 48.2 Å². The van der Waals surface area contributed by atoms with E-state index in [-0.39, 0.29) is 17.9 Å². The number of halogens is 1. The van der Waals surface area contributed by atoms with Gasteiger partial charge in [-0.15, -0.1) is 11.8 Å². The molecule has 6 heteroatoms. The maximum atomic E-state index is 13.7. The normalized spacial score (nSPS) is 14.4. The van der Waals surface area contributed by atoms with Crippen molar-refractivity contribution in [1.29, 1.82) is 0 Å². The van der Waals surface area contributed by atoms with Crippen molar-refractivity contribution in [3.63, 3.8) is 0 Å². The minimum absolute atomic E-state index is 0.0113. The van der Waals surface area contributed by atoms with Gasteiger partial charge in [0.15, 0.2) is 0 Å². The molecule has 4 rings (SSSR count). The van der Waals surface area contributed by atoms with Crippen LogP contribution in [0.2, 0.25) is 5.02 Å². The zero-order valence-electron chi connectivity index (χ0n) is 20.4. The first kappa shape index (κ1) is 26.3. The Kier molecular flexibility index (Phi) is 9.88. The van der Waals surface area contributed by atoms with Crippen LogP contribution in [0.25, 0.3) is 0 Å². The van der Waals surface area contributed by atoms with Gasteiger partial charge in [-0.3, -0.25) is 9.59 Å². The fourth-order valence-corrected chi connectivity index (χ4v) is 5.60. The maximum Gasteiger partial charge on any atom is 0.243 e. The SMILES string of the molecule is O=C(NC1CCCC1)C(Cc1ccccc1)N(Cc1ccccc1)C(=O)CCSc1ccc(Cl)cc1. The van der Waals surface area contributed by atoms with Crippen LogP contribution in [0.15, 0.2) is 89.8 Å². The van der Waals surface area contributed by atoms with Crippen LogP contribution in [0.1, 0.15) is 43.2 Å². The zero-order valence-corrected chi connectivity index (χ0v) is 22.0. The van der Waals surface area contributed by atoms with Gasteiger partial charge in [-0.2, -0.15) is 0 Å². The van der Waals surface area contributed by atoms with Gasteiger partial charge in [0.1, 0.15) is 6.04 Å². The molecule has 3 aromatic rings. The third kappa shape index (κ3) is 7.87. The summed E-state index contributed by atoms with van der Waals surface area (Å²) in [6.45, 7) is 0.404. The van der Waals surface area contributed by atoms with Crippen molar-refractivity contribution < 1.29 is 9.59 Å². The Labute approximate surface area is 223 Å². The van der Waals surface area contributed by atoms with Gasteiger partial charge in [0.05, 0.1) is 0 Å². The fraction of sp³-hybridized carbons (Fsp3) is 0.333. The van der Waals surface area contributed by atoms with Crippen molar-refractivity contribution in [2.75, 3.05) is 5.75 Å². The van der Waals surface area contributed by atoms with Crippen molar-refractivity contribution in [2.24, 2.45) is 0 Å². The van der Waals surface area contributed by atoms with Crippen LogP contribution >= 0.6 is 23.4 Å². The third-order valence-electron chi connectivity index (χ3n) is 6.57. The molecule has 3 aromatic carbocycles. The summed E-state index contributed by atoms with van der Waals surface area (Å²) >= 11 is 7.62. The van der Waals surface area contributed by atoms with Gasteiger partial charge < -0.3 is 10.2 Å². The van der Waals surface area contributed by atoms with Crippen molar-refractivity contribution in [3.8, 4) is 0 Å². The van der Waals surface area contributed by atoms with Gasteiger partial charge in [-0.25, -0.2) is 0 Å². The summed E-state index contributed by atoms with van der Waals surface area (Å²) in [4.78, 5) is 30.2. The lowest BCUT2D eigenvalue weighted by Gasteiger charge is -2.32. The highest BCUT2D eigenvalue weighted by molar-refractivity contribution is 7.99. The Balaban J connectivity index is 1.53. The first-order valence-corrected chi connectivity index (χ1v) is 14.0. The molecule has 188 valence electrons. The van der Waals surface area contributed by atoms with Gasteiger partial charge in [0.25, 0.3) is 0 Å². The number of hydrogen-bond donors (Lipinski definition) is 1. The molecule has 0 bridgehead atoms. The highest BCUT2D eigenvalue weighted by Crippen LogP contribution is 2.23. The second-order valence-corrected chi connectivity index (χ2v) is 10.9. The number of rotatable bonds is 11. The Hall–Kier alpha value is -2.76. The van der Waals surface area contributed by atoms with Crippen molar-refractivity contribution in [3.05, 3.63) is 101 Å². The lowest BCUT2D eigenvalue weighted by Crippen LogP contribution is -2.52. The molecule has 36 heavy (non-hydrogen) atoms. The number of carbonyl (C=O) groups excluding carboxylic acids is 2. The van der Waals surface area contributed by atoms with Gasteiger partial charge in [0, 0.05) is 41.1 Å². The van der Waals surface area contributed by atoms with E-state index in [2.05, 4.69) is 5.32 Å². The molecule has 0 radical (unpaired) electrons. The molecular formula is C30H33ClN2O2S. The van der Waals surface area contributed by atoms with E-state index in [1.807, 2.05) is 84.9 Å². The highest BCUT2D eigenvalue weighted by atomic mass is 35.5. The minimum atomic E-state index is -0.568. The van der Waals surface area contributed by atoms with E-state index in [4.69, 9.17) is 11.6 Å². The van der Waals surface area contributed by atoms with E-state index in [1.54, 1.807) is 16.7 Å². The third-order valence-corrected chi connectivity index (χ3v) is 7.83. The average molecular weight is 521 g/mol. The van der Waals surface area contributed by atoms with Gasteiger partial charge >= 0.3 is 0 Å². The molecule has 0 aromatic heterocycles. The summed E-state index contributed by atoms with van der Waals surface area (Å²) in [5, 5.41) is 3.95. The molecule has 4 nitrogen and oxygen atoms in total. The second kappa shape index (κ2) is 13.5.